The lowest BCUT2D eigenvalue weighted by molar-refractivity contribution is -0.137. The topological polar surface area (TPSA) is 72.3 Å². The van der Waals surface area contributed by atoms with Gasteiger partial charge in [-0.05, 0) is 37.3 Å². The first kappa shape index (κ1) is 23.1. The lowest BCUT2D eigenvalue weighted by atomic mass is 10.2. The Labute approximate surface area is 192 Å². The van der Waals surface area contributed by atoms with E-state index in [1.54, 1.807) is 6.92 Å². The number of nitrogens with zero attached hydrogens (tertiary/aromatic N) is 4. The Morgan fingerprint density at radius 1 is 1.09 bits per heavy atom. The monoisotopic (exact) mass is 477 g/mol. The van der Waals surface area contributed by atoms with E-state index in [1.165, 1.54) is 23.9 Å². The molecule has 0 saturated carbocycles. The van der Waals surface area contributed by atoms with Gasteiger partial charge < -0.3 is 15.0 Å². The van der Waals surface area contributed by atoms with Gasteiger partial charge in [-0.1, -0.05) is 36.0 Å². The highest BCUT2D eigenvalue weighted by Crippen LogP contribution is 2.32. The predicted molar refractivity (Wildman–Crippen MR) is 120 cm³/mol. The van der Waals surface area contributed by atoms with Gasteiger partial charge in [-0.15, -0.1) is 10.2 Å². The zero-order chi connectivity index (χ0) is 23.4. The number of para-hydroxylation sites is 1. The fourth-order valence-electron chi connectivity index (χ4n) is 3.34. The van der Waals surface area contributed by atoms with Gasteiger partial charge in [0.1, 0.15) is 0 Å². The number of hydrogen-bond donors (Lipinski definition) is 1. The van der Waals surface area contributed by atoms with Crippen LogP contribution < -0.4 is 10.2 Å². The molecule has 1 aliphatic heterocycles. The molecule has 3 aromatic rings. The van der Waals surface area contributed by atoms with Gasteiger partial charge in [0, 0.05) is 18.8 Å². The molecule has 1 saturated heterocycles. The van der Waals surface area contributed by atoms with E-state index in [2.05, 4.69) is 20.4 Å². The van der Waals surface area contributed by atoms with E-state index in [0.717, 1.165) is 17.8 Å². The lowest BCUT2D eigenvalue weighted by Gasteiger charge is -2.28. The Balaban J connectivity index is 1.54. The van der Waals surface area contributed by atoms with Gasteiger partial charge in [-0.2, -0.15) is 13.2 Å². The van der Waals surface area contributed by atoms with Crippen LogP contribution in [0.2, 0.25) is 0 Å². The fourth-order valence-corrected chi connectivity index (χ4v) is 4.20. The molecule has 1 fully saturated rings. The van der Waals surface area contributed by atoms with Gasteiger partial charge in [-0.25, -0.2) is 0 Å². The summed E-state index contributed by atoms with van der Waals surface area (Å²) in [7, 11) is 0. The minimum Gasteiger partial charge on any atom is -0.378 e. The smallest absolute Gasteiger partial charge is 0.378 e. The quantitative estimate of drug-likeness (QED) is 0.536. The summed E-state index contributed by atoms with van der Waals surface area (Å²) in [6.45, 7) is 4.17. The standard InChI is InChI=1S/C22H22F3N5O2S/c1-15(19(31)26-17-7-5-6-16(14-17)22(23,24)25)33-21-28-27-20(29-10-12-32-13-11-29)30(21)18-8-3-2-4-9-18/h2-9,14-15H,10-13H2,1H3,(H,26,31). The highest BCUT2D eigenvalue weighted by Gasteiger charge is 2.31. The Hall–Kier alpha value is -3.05. The summed E-state index contributed by atoms with van der Waals surface area (Å²) in [4.78, 5) is 14.8. The molecule has 2 aromatic carbocycles. The first-order valence-electron chi connectivity index (χ1n) is 10.3. The van der Waals surface area contributed by atoms with Crippen molar-refractivity contribution in [1.29, 1.82) is 0 Å². The number of carbonyl (C=O) groups excluding carboxylic acids is 1. The molecule has 0 aliphatic carbocycles. The maximum atomic E-state index is 13.0. The average Bonchev–Trinajstić information content (AvgIpc) is 3.23. The van der Waals surface area contributed by atoms with Crippen molar-refractivity contribution in [2.45, 2.75) is 23.5 Å². The van der Waals surface area contributed by atoms with Crippen LogP contribution in [0, 0.1) is 0 Å². The molecule has 0 bridgehead atoms. The summed E-state index contributed by atoms with van der Waals surface area (Å²) in [6.07, 6.45) is -4.48. The average molecular weight is 478 g/mol. The number of nitrogens with one attached hydrogen (secondary N) is 1. The van der Waals surface area contributed by atoms with E-state index < -0.39 is 22.9 Å². The summed E-state index contributed by atoms with van der Waals surface area (Å²) in [5.41, 5.74) is 0.109. The van der Waals surface area contributed by atoms with Crippen molar-refractivity contribution in [3.05, 3.63) is 60.2 Å². The van der Waals surface area contributed by atoms with Crippen molar-refractivity contribution < 1.29 is 22.7 Å². The van der Waals surface area contributed by atoms with Crippen LogP contribution >= 0.6 is 11.8 Å². The van der Waals surface area contributed by atoms with Crippen LogP contribution in [0.25, 0.3) is 5.69 Å². The predicted octanol–water partition coefficient (Wildman–Crippen LogP) is 4.24. The van der Waals surface area contributed by atoms with Gasteiger partial charge in [-0.3, -0.25) is 9.36 Å². The number of ether oxygens (including phenoxy) is 1. The highest BCUT2D eigenvalue weighted by molar-refractivity contribution is 8.00. The number of hydrogen-bond acceptors (Lipinski definition) is 6. The summed E-state index contributed by atoms with van der Waals surface area (Å²) >= 11 is 1.18. The first-order chi connectivity index (χ1) is 15.8. The normalized spacial score (nSPS) is 15.3. The van der Waals surface area contributed by atoms with Gasteiger partial charge >= 0.3 is 6.18 Å². The number of aromatic nitrogens is 3. The molecule has 1 aliphatic rings. The van der Waals surface area contributed by atoms with Crippen molar-refractivity contribution in [1.82, 2.24) is 14.8 Å². The number of halogens is 3. The molecule has 1 atom stereocenters. The van der Waals surface area contributed by atoms with Crippen molar-refractivity contribution in [3.63, 3.8) is 0 Å². The zero-order valence-corrected chi connectivity index (χ0v) is 18.6. The van der Waals surface area contributed by atoms with Crippen LogP contribution in [0.15, 0.2) is 59.8 Å². The van der Waals surface area contributed by atoms with Crippen LogP contribution in [-0.2, 0) is 15.7 Å². The summed E-state index contributed by atoms with van der Waals surface area (Å²) < 4.78 is 46.2. The Kier molecular flexibility index (Phi) is 6.89. The number of anilines is 2. The fraction of sp³-hybridized carbons (Fsp3) is 0.318. The summed E-state index contributed by atoms with van der Waals surface area (Å²) in [5, 5.41) is 11.1. The van der Waals surface area contributed by atoms with Crippen molar-refractivity contribution >= 4 is 29.3 Å². The second-order valence-electron chi connectivity index (χ2n) is 7.38. The van der Waals surface area contributed by atoms with Crippen LogP contribution in [-0.4, -0.2) is 52.2 Å². The van der Waals surface area contributed by atoms with Crippen LogP contribution in [0.4, 0.5) is 24.8 Å². The Morgan fingerprint density at radius 3 is 2.52 bits per heavy atom. The van der Waals surface area contributed by atoms with Gasteiger partial charge in [0.05, 0.1) is 29.7 Å². The molecular formula is C22H22F3N5O2S. The van der Waals surface area contributed by atoms with E-state index in [1.807, 2.05) is 34.9 Å². The molecule has 11 heteroatoms. The Bertz CT molecular complexity index is 1100. The van der Waals surface area contributed by atoms with Crippen LogP contribution in [0.1, 0.15) is 12.5 Å². The van der Waals surface area contributed by atoms with Gasteiger partial charge in [0.15, 0.2) is 5.16 Å². The SMILES string of the molecule is CC(Sc1nnc(N2CCOCC2)n1-c1ccccc1)C(=O)Nc1cccc(C(F)(F)F)c1. The molecule has 1 amide bonds. The third-order valence-electron chi connectivity index (χ3n) is 5.03. The van der Waals surface area contributed by atoms with Crippen molar-refractivity contribution in [2.75, 3.05) is 36.5 Å². The number of thioether (sulfide) groups is 1. The summed E-state index contributed by atoms with van der Waals surface area (Å²) in [6, 6.07) is 14.1. The van der Waals surface area contributed by atoms with Crippen molar-refractivity contribution in [2.24, 2.45) is 0 Å². The first-order valence-corrected chi connectivity index (χ1v) is 11.2. The van der Waals surface area contributed by atoms with E-state index >= 15 is 0 Å². The second kappa shape index (κ2) is 9.84. The molecule has 2 heterocycles. The number of rotatable bonds is 6. The maximum absolute atomic E-state index is 13.0. The number of carbonyl (C=O) groups is 1. The molecule has 33 heavy (non-hydrogen) atoms. The minimum absolute atomic E-state index is 0.0841. The molecule has 0 spiro atoms. The number of morpholine rings is 1. The molecule has 7 nitrogen and oxygen atoms in total. The largest absolute Gasteiger partial charge is 0.416 e. The molecule has 1 aromatic heterocycles. The number of amides is 1. The lowest BCUT2D eigenvalue weighted by Crippen LogP contribution is -2.37. The Morgan fingerprint density at radius 2 is 1.82 bits per heavy atom. The number of benzene rings is 2. The molecule has 0 radical (unpaired) electrons. The van der Waals surface area contributed by atoms with E-state index in [9.17, 15) is 18.0 Å². The van der Waals surface area contributed by atoms with Crippen LogP contribution in [0.3, 0.4) is 0 Å². The molecule has 1 unspecified atom stereocenters. The van der Waals surface area contributed by atoms with E-state index in [0.29, 0.717) is 37.4 Å². The summed E-state index contributed by atoms with van der Waals surface area (Å²) in [5.74, 6) is 0.215. The van der Waals surface area contributed by atoms with Gasteiger partial charge in [0.2, 0.25) is 11.9 Å². The molecular weight excluding hydrogens is 455 g/mol. The minimum atomic E-state index is -4.48. The second-order valence-corrected chi connectivity index (χ2v) is 8.69. The molecule has 4 rings (SSSR count). The van der Waals surface area contributed by atoms with E-state index in [4.69, 9.17) is 4.74 Å². The molecule has 1 N–H and O–H groups in total. The third kappa shape index (κ3) is 5.48. The van der Waals surface area contributed by atoms with E-state index in [-0.39, 0.29) is 5.69 Å². The maximum Gasteiger partial charge on any atom is 0.416 e. The number of alkyl halides is 3. The van der Waals surface area contributed by atoms with Gasteiger partial charge in [0.25, 0.3) is 0 Å². The van der Waals surface area contributed by atoms with Crippen molar-refractivity contribution in [3.8, 4) is 5.69 Å². The highest BCUT2D eigenvalue weighted by atomic mass is 32.2. The third-order valence-corrected chi connectivity index (χ3v) is 6.08. The molecule has 174 valence electrons. The van der Waals surface area contributed by atoms with Crippen LogP contribution in [0.5, 0.6) is 0 Å². The zero-order valence-electron chi connectivity index (χ0n) is 17.7.